The summed E-state index contributed by atoms with van der Waals surface area (Å²) in [6.07, 6.45) is 3.72. The maximum absolute atomic E-state index is 13.2. The number of hydrogen-bond donors (Lipinski definition) is 1. The number of nitrogens with one attached hydrogen (secondary N) is 1. The molecule has 0 spiro atoms. The summed E-state index contributed by atoms with van der Waals surface area (Å²) in [7, 11) is 0. The third-order valence-corrected chi connectivity index (χ3v) is 4.47. The van der Waals surface area contributed by atoms with E-state index < -0.39 is 0 Å². The van der Waals surface area contributed by atoms with Crippen molar-refractivity contribution in [2.24, 2.45) is 0 Å². The van der Waals surface area contributed by atoms with Crippen molar-refractivity contribution in [3.05, 3.63) is 101 Å². The Kier molecular flexibility index (Phi) is 5.03. The molecule has 1 amide bonds. The highest BCUT2D eigenvalue weighted by atomic mass is 16.1. The zero-order valence-corrected chi connectivity index (χ0v) is 15.9. The highest BCUT2D eigenvalue weighted by Gasteiger charge is 2.10. The average molecular weight is 381 g/mol. The van der Waals surface area contributed by atoms with E-state index in [0.717, 1.165) is 16.9 Å². The Morgan fingerprint density at radius 1 is 0.897 bits per heavy atom. The van der Waals surface area contributed by atoms with Crippen LogP contribution in [0.15, 0.2) is 83.7 Å². The van der Waals surface area contributed by atoms with E-state index in [-0.39, 0.29) is 11.5 Å². The molecular formula is C24H19N3O2. The van der Waals surface area contributed by atoms with Gasteiger partial charge in [-0.05, 0) is 48.0 Å². The van der Waals surface area contributed by atoms with Crippen molar-refractivity contribution in [2.45, 2.75) is 6.92 Å². The van der Waals surface area contributed by atoms with Crippen LogP contribution in [0.1, 0.15) is 18.3 Å². The maximum Gasteiger partial charge on any atom is 0.266 e. The minimum atomic E-state index is -0.111. The van der Waals surface area contributed by atoms with Crippen molar-refractivity contribution in [1.82, 2.24) is 9.55 Å². The van der Waals surface area contributed by atoms with Crippen LogP contribution in [0.5, 0.6) is 0 Å². The molecule has 0 aliphatic carbocycles. The zero-order chi connectivity index (χ0) is 20.2. The third-order valence-electron chi connectivity index (χ3n) is 4.47. The predicted octanol–water partition coefficient (Wildman–Crippen LogP) is 4.51. The number of fused-ring (bicyclic) bond motifs is 1. The highest BCUT2D eigenvalue weighted by Crippen LogP contribution is 2.16. The molecule has 0 bridgehead atoms. The van der Waals surface area contributed by atoms with Crippen molar-refractivity contribution >= 4 is 34.6 Å². The predicted molar refractivity (Wildman–Crippen MR) is 117 cm³/mol. The summed E-state index contributed by atoms with van der Waals surface area (Å²) in [5.74, 6) is 0.436. The Bertz CT molecular complexity index is 1260. The minimum Gasteiger partial charge on any atom is -0.326 e. The first-order chi connectivity index (χ1) is 14.1. The second kappa shape index (κ2) is 7.94. The third kappa shape index (κ3) is 3.99. The molecule has 0 aliphatic heterocycles. The van der Waals surface area contributed by atoms with E-state index in [4.69, 9.17) is 4.98 Å². The van der Waals surface area contributed by atoms with E-state index in [2.05, 4.69) is 5.32 Å². The van der Waals surface area contributed by atoms with E-state index in [1.54, 1.807) is 10.6 Å². The molecule has 0 saturated heterocycles. The molecular weight excluding hydrogens is 362 g/mol. The smallest absolute Gasteiger partial charge is 0.266 e. The van der Waals surface area contributed by atoms with Gasteiger partial charge in [0.15, 0.2) is 0 Å². The normalized spacial score (nSPS) is 11.1. The lowest BCUT2D eigenvalue weighted by atomic mass is 10.2. The summed E-state index contributed by atoms with van der Waals surface area (Å²) in [5, 5.41) is 3.32. The highest BCUT2D eigenvalue weighted by molar-refractivity contribution is 5.88. The summed E-state index contributed by atoms with van der Waals surface area (Å²) >= 11 is 0. The standard InChI is InChI=1S/C24H19N3O2/c1-17(28)25-19-14-11-18(12-15-19)13-16-23-26-22-10-6-5-9-21(22)24(29)27(23)20-7-3-2-4-8-20/h2-16H,1H3,(H,25,28). The van der Waals surface area contributed by atoms with Crippen molar-refractivity contribution in [3.8, 4) is 5.69 Å². The van der Waals surface area contributed by atoms with Gasteiger partial charge in [-0.25, -0.2) is 4.98 Å². The number of carbonyl (C=O) groups excluding carboxylic acids is 1. The zero-order valence-electron chi connectivity index (χ0n) is 15.9. The Labute approximate surface area is 168 Å². The van der Waals surface area contributed by atoms with Gasteiger partial charge in [-0.3, -0.25) is 14.2 Å². The Balaban J connectivity index is 1.79. The number of nitrogens with zero attached hydrogens (tertiary/aromatic N) is 2. The van der Waals surface area contributed by atoms with Crippen LogP contribution in [0.4, 0.5) is 5.69 Å². The molecule has 0 fully saturated rings. The fraction of sp³-hybridized carbons (Fsp3) is 0.0417. The van der Waals surface area contributed by atoms with E-state index >= 15 is 0 Å². The van der Waals surface area contributed by atoms with E-state index in [0.29, 0.717) is 16.7 Å². The molecule has 29 heavy (non-hydrogen) atoms. The monoisotopic (exact) mass is 381 g/mol. The first-order valence-electron chi connectivity index (χ1n) is 9.25. The number of hydrogen-bond acceptors (Lipinski definition) is 3. The van der Waals surface area contributed by atoms with Crippen molar-refractivity contribution in [3.63, 3.8) is 0 Å². The average Bonchev–Trinajstić information content (AvgIpc) is 2.73. The van der Waals surface area contributed by atoms with Crippen LogP contribution in [0.2, 0.25) is 0 Å². The van der Waals surface area contributed by atoms with Gasteiger partial charge in [0.1, 0.15) is 5.82 Å². The molecule has 1 aromatic heterocycles. The molecule has 5 heteroatoms. The maximum atomic E-state index is 13.2. The SMILES string of the molecule is CC(=O)Nc1ccc(C=Cc2nc3ccccc3c(=O)n2-c2ccccc2)cc1. The molecule has 0 saturated carbocycles. The van der Waals surface area contributed by atoms with Crippen molar-refractivity contribution in [1.29, 1.82) is 0 Å². The van der Waals surface area contributed by atoms with Crippen LogP contribution in [-0.2, 0) is 4.79 Å². The van der Waals surface area contributed by atoms with Gasteiger partial charge in [-0.1, -0.05) is 48.5 Å². The number of rotatable bonds is 4. The summed E-state index contributed by atoms with van der Waals surface area (Å²) < 4.78 is 1.62. The first-order valence-corrected chi connectivity index (χ1v) is 9.25. The number of amides is 1. The van der Waals surface area contributed by atoms with Crippen LogP contribution in [-0.4, -0.2) is 15.5 Å². The van der Waals surface area contributed by atoms with E-state index in [1.807, 2.05) is 84.9 Å². The number of carbonyl (C=O) groups is 1. The summed E-state index contributed by atoms with van der Waals surface area (Å²) in [6, 6.07) is 24.3. The Hall–Kier alpha value is -3.99. The van der Waals surface area contributed by atoms with Gasteiger partial charge in [0.25, 0.3) is 5.56 Å². The van der Waals surface area contributed by atoms with E-state index in [1.165, 1.54) is 6.92 Å². The molecule has 4 rings (SSSR count). The molecule has 0 aliphatic rings. The molecule has 142 valence electrons. The van der Waals surface area contributed by atoms with Gasteiger partial charge in [0, 0.05) is 12.6 Å². The van der Waals surface area contributed by atoms with E-state index in [9.17, 15) is 9.59 Å². The minimum absolute atomic E-state index is 0.109. The first kappa shape index (κ1) is 18.4. The van der Waals surface area contributed by atoms with Crippen LogP contribution in [0, 0.1) is 0 Å². The number of aromatic nitrogens is 2. The fourth-order valence-corrected chi connectivity index (χ4v) is 3.14. The van der Waals surface area contributed by atoms with Crippen LogP contribution >= 0.6 is 0 Å². The topological polar surface area (TPSA) is 64.0 Å². The molecule has 0 unspecified atom stereocenters. The van der Waals surface area contributed by atoms with Gasteiger partial charge in [-0.2, -0.15) is 0 Å². The number of benzene rings is 3. The summed E-state index contributed by atoms with van der Waals surface area (Å²) in [5.41, 5.74) is 2.98. The van der Waals surface area contributed by atoms with Gasteiger partial charge in [0.2, 0.25) is 5.91 Å². The number of para-hydroxylation sites is 2. The van der Waals surface area contributed by atoms with Gasteiger partial charge in [-0.15, -0.1) is 0 Å². The van der Waals surface area contributed by atoms with Gasteiger partial charge in [0.05, 0.1) is 16.6 Å². The fourth-order valence-electron chi connectivity index (χ4n) is 3.14. The van der Waals surface area contributed by atoms with Crippen LogP contribution in [0.3, 0.4) is 0 Å². The van der Waals surface area contributed by atoms with Crippen molar-refractivity contribution < 1.29 is 4.79 Å². The molecule has 4 aromatic rings. The van der Waals surface area contributed by atoms with Crippen LogP contribution in [0.25, 0.3) is 28.7 Å². The van der Waals surface area contributed by atoms with Crippen molar-refractivity contribution in [2.75, 3.05) is 5.32 Å². The molecule has 0 radical (unpaired) electrons. The lowest BCUT2D eigenvalue weighted by Gasteiger charge is -2.11. The summed E-state index contributed by atoms with van der Waals surface area (Å²) in [6.45, 7) is 1.47. The van der Waals surface area contributed by atoms with Gasteiger partial charge >= 0.3 is 0 Å². The Morgan fingerprint density at radius 2 is 1.59 bits per heavy atom. The lowest BCUT2D eigenvalue weighted by Crippen LogP contribution is -2.22. The molecule has 1 heterocycles. The van der Waals surface area contributed by atoms with Crippen LogP contribution < -0.4 is 10.9 Å². The molecule has 3 aromatic carbocycles. The molecule has 1 N–H and O–H groups in total. The van der Waals surface area contributed by atoms with Gasteiger partial charge < -0.3 is 5.32 Å². The Morgan fingerprint density at radius 3 is 2.31 bits per heavy atom. The quantitative estimate of drug-likeness (QED) is 0.565. The largest absolute Gasteiger partial charge is 0.326 e. The molecule has 5 nitrogen and oxygen atoms in total. The number of anilines is 1. The lowest BCUT2D eigenvalue weighted by molar-refractivity contribution is -0.114. The second-order valence-corrected chi connectivity index (χ2v) is 6.60. The second-order valence-electron chi connectivity index (χ2n) is 6.60. The molecule has 0 atom stereocenters. The summed E-state index contributed by atoms with van der Waals surface area (Å²) in [4.78, 5) is 29.0.